The Balaban J connectivity index is 1.14. The molecule has 4 aromatic rings. The molecule has 5 rings (SSSR count). The van der Waals surface area contributed by atoms with Crippen LogP contribution in [0.25, 0.3) is 16.7 Å². The number of fused-ring (bicyclic) bond motifs is 3. The standard InChI is InChI=1S/C26H29N5O2/c32-24(28-21-12-17-29(18-13-21)19-20-7-2-1-3-8-20)11-6-16-31-25-22(9-4-14-27-25)30-15-5-10-23(30)26(31)33/h1-5,7-10,14-15,21H,6,11-13,16-19H2,(H,28,32). The Labute approximate surface area is 192 Å². The van der Waals surface area contributed by atoms with E-state index in [1.54, 1.807) is 10.8 Å². The summed E-state index contributed by atoms with van der Waals surface area (Å²) in [5.41, 5.74) is 3.43. The minimum Gasteiger partial charge on any atom is -0.353 e. The third-order valence-electron chi connectivity index (χ3n) is 6.48. The van der Waals surface area contributed by atoms with Crippen LogP contribution in [0.5, 0.6) is 0 Å². The van der Waals surface area contributed by atoms with Crippen LogP contribution in [0.4, 0.5) is 0 Å². The molecular weight excluding hydrogens is 414 g/mol. The van der Waals surface area contributed by atoms with E-state index in [0.717, 1.165) is 38.0 Å². The maximum absolute atomic E-state index is 13.0. The Hall–Kier alpha value is -3.45. The number of aromatic nitrogens is 3. The van der Waals surface area contributed by atoms with Crippen LogP contribution in [-0.2, 0) is 17.9 Å². The number of nitrogens with one attached hydrogen (secondary N) is 1. The van der Waals surface area contributed by atoms with Crippen LogP contribution in [0.15, 0.2) is 71.8 Å². The molecule has 0 unspecified atom stereocenters. The van der Waals surface area contributed by atoms with Crippen LogP contribution < -0.4 is 10.9 Å². The van der Waals surface area contributed by atoms with Gasteiger partial charge in [0.15, 0.2) is 5.65 Å². The van der Waals surface area contributed by atoms with Crippen molar-refractivity contribution in [2.45, 2.75) is 44.8 Å². The molecule has 1 saturated heterocycles. The summed E-state index contributed by atoms with van der Waals surface area (Å²) in [6.07, 6.45) is 6.52. The average molecular weight is 444 g/mol. The van der Waals surface area contributed by atoms with E-state index in [1.165, 1.54) is 5.56 Å². The van der Waals surface area contributed by atoms with Crippen molar-refractivity contribution in [1.29, 1.82) is 0 Å². The van der Waals surface area contributed by atoms with E-state index in [9.17, 15) is 9.59 Å². The number of piperidine rings is 1. The van der Waals surface area contributed by atoms with Crippen LogP contribution in [0.2, 0.25) is 0 Å². The monoisotopic (exact) mass is 443 g/mol. The molecule has 1 aliphatic heterocycles. The molecular formula is C26H29N5O2. The van der Waals surface area contributed by atoms with Crippen molar-refractivity contribution >= 4 is 22.6 Å². The van der Waals surface area contributed by atoms with Gasteiger partial charge in [-0.2, -0.15) is 0 Å². The summed E-state index contributed by atoms with van der Waals surface area (Å²) in [4.78, 5) is 32.4. The molecule has 0 atom stereocenters. The number of likely N-dealkylation sites (tertiary alicyclic amines) is 1. The average Bonchev–Trinajstić information content (AvgIpc) is 3.34. The van der Waals surface area contributed by atoms with Crippen LogP contribution in [-0.4, -0.2) is 43.9 Å². The molecule has 1 fully saturated rings. The minimum atomic E-state index is -0.0719. The Morgan fingerprint density at radius 2 is 1.79 bits per heavy atom. The second kappa shape index (κ2) is 9.58. The number of benzene rings is 1. The number of pyridine rings is 1. The van der Waals surface area contributed by atoms with Gasteiger partial charge in [0.2, 0.25) is 5.91 Å². The number of carbonyl (C=O) groups excluding carboxylic acids is 1. The smallest absolute Gasteiger partial charge is 0.276 e. The first-order chi connectivity index (χ1) is 16.2. The van der Waals surface area contributed by atoms with E-state index in [2.05, 4.69) is 39.5 Å². The fourth-order valence-corrected chi connectivity index (χ4v) is 4.77. The van der Waals surface area contributed by atoms with Gasteiger partial charge in [0.1, 0.15) is 5.52 Å². The first-order valence-electron chi connectivity index (χ1n) is 11.7. The third kappa shape index (κ3) is 4.68. The molecule has 170 valence electrons. The molecule has 1 N–H and O–H groups in total. The third-order valence-corrected chi connectivity index (χ3v) is 6.48. The summed E-state index contributed by atoms with van der Waals surface area (Å²) in [5.74, 6) is 0.0607. The van der Waals surface area contributed by atoms with Gasteiger partial charge in [-0.05, 0) is 49.1 Å². The highest BCUT2D eigenvalue weighted by Gasteiger charge is 2.20. The minimum absolute atomic E-state index is 0.0607. The number of rotatable bonds is 7. The maximum Gasteiger partial charge on any atom is 0.276 e. The van der Waals surface area contributed by atoms with Crippen LogP contribution >= 0.6 is 0 Å². The van der Waals surface area contributed by atoms with Crippen molar-refractivity contribution in [3.05, 3.63) is 82.9 Å². The van der Waals surface area contributed by atoms with Gasteiger partial charge in [-0.25, -0.2) is 4.98 Å². The summed E-state index contributed by atoms with van der Waals surface area (Å²) in [6.45, 7) is 3.41. The zero-order valence-electron chi connectivity index (χ0n) is 18.7. The van der Waals surface area contributed by atoms with E-state index in [4.69, 9.17) is 0 Å². The molecule has 1 amide bonds. The van der Waals surface area contributed by atoms with Gasteiger partial charge in [-0.15, -0.1) is 0 Å². The summed E-state index contributed by atoms with van der Waals surface area (Å²) in [7, 11) is 0. The number of nitrogens with zero attached hydrogens (tertiary/aromatic N) is 4. The molecule has 33 heavy (non-hydrogen) atoms. The van der Waals surface area contributed by atoms with Gasteiger partial charge in [0.25, 0.3) is 5.56 Å². The van der Waals surface area contributed by atoms with Crippen LogP contribution in [0, 0.1) is 0 Å². The Bertz CT molecular complexity index is 1300. The van der Waals surface area contributed by atoms with Gasteiger partial charge < -0.3 is 9.72 Å². The van der Waals surface area contributed by atoms with E-state index in [1.807, 2.05) is 40.9 Å². The molecule has 7 heteroatoms. The highest BCUT2D eigenvalue weighted by molar-refractivity contribution is 5.76. The highest BCUT2D eigenvalue weighted by atomic mass is 16.1. The predicted octanol–water partition coefficient (Wildman–Crippen LogP) is 3.21. The first kappa shape index (κ1) is 21.4. The van der Waals surface area contributed by atoms with E-state index < -0.39 is 0 Å². The van der Waals surface area contributed by atoms with Gasteiger partial charge >= 0.3 is 0 Å². The van der Waals surface area contributed by atoms with Gasteiger partial charge in [-0.3, -0.25) is 19.1 Å². The molecule has 0 saturated carbocycles. The van der Waals surface area contributed by atoms with Crippen LogP contribution in [0.3, 0.4) is 0 Å². The summed E-state index contributed by atoms with van der Waals surface area (Å²) in [5, 5.41) is 3.19. The zero-order chi connectivity index (χ0) is 22.6. The fraction of sp³-hybridized carbons (Fsp3) is 0.346. The van der Waals surface area contributed by atoms with Gasteiger partial charge in [0, 0.05) is 51.0 Å². The topological polar surface area (TPSA) is 71.6 Å². The molecule has 0 spiro atoms. The summed E-state index contributed by atoms with van der Waals surface area (Å²) >= 11 is 0. The number of aryl methyl sites for hydroxylation is 1. The fourth-order valence-electron chi connectivity index (χ4n) is 4.77. The van der Waals surface area contributed by atoms with Crippen molar-refractivity contribution < 1.29 is 4.79 Å². The van der Waals surface area contributed by atoms with E-state index in [-0.39, 0.29) is 17.5 Å². The molecule has 3 aromatic heterocycles. The normalized spacial score (nSPS) is 15.3. The number of hydrogen-bond donors (Lipinski definition) is 1. The van der Waals surface area contributed by atoms with Gasteiger partial charge in [0.05, 0.1) is 5.52 Å². The molecule has 0 radical (unpaired) electrons. The molecule has 0 aliphatic carbocycles. The zero-order valence-corrected chi connectivity index (χ0v) is 18.7. The number of amides is 1. The van der Waals surface area contributed by atoms with Gasteiger partial charge in [-0.1, -0.05) is 30.3 Å². The second-order valence-corrected chi connectivity index (χ2v) is 8.77. The Morgan fingerprint density at radius 3 is 2.61 bits per heavy atom. The van der Waals surface area contributed by atoms with Crippen molar-refractivity contribution in [2.24, 2.45) is 0 Å². The lowest BCUT2D eigenvalue weighted by molar-refractivity contribution is -0.122. The number of hydrogen-bond acceptors (Lipinski definition) is 4. The SMILES string of the molecule is O=C(CCCn1c(=O)c2cccn2c2cccnc21)NC1CCN(Cc2ccccc2)CC1. The van der Waals surface area contributed by atoms with E-state index in [0.29, 0.717) is 30.6 Å². The molecule has 1 aromatic carbocycles. The molecule has 4 heterocycles. The molecule has 1 aliphatic rings. The largest absolute Gasteiger partial charge is 0.353 e. The van der Waals surface area contributed by atoms with Crippen molar-refractivity contribution in [3.63, 3.8) is 0 Å². The first-order valence-corrected chi connectivity index (χ1v) is 11.7. The maximum atomic E-state index is 13.0. The summed E-state index contributed by atoms with van der Waals surface area (Å²) in [6, 6.07) is 18.3. The Morgan fingerprint density at radius 1 is 1.00 bits per heavy atom. The highest BCUT2D eigenvalue weighted by Crippen LogP contribution is 2.15. The Kier molecular flexibility index (Phi) is 6.21. The van der Waals surface area contributed by atoms with Crippen molar-refractivity contribution in [3.8, 4) is 0 Å². The molecule has 0 bridgehead atoms. The summed E-state index contributed by atoms with van der Waals surface area (Å²) < 4.78 is 3.57. The predicted molar refractivity (Wildman–Crippen MR) is 129 cm³/mol. The second-order valence-electron chi connectivity index (χ2n) is 8.77. The van der Waals surface area contributed by atoms with Crippen LogP contribution in [0.1, 0.15) is 31.2 Å². The lowest BCUT2D eigenvalue weighted by atomic mass is 10.0. The van der Waals surface area contributed by atoms with E-state index >= 15 is 0 Å². The lowest BCUT2D eigenvalue weighted by Crippen LogP contribution is -2.44. The quantitative estimate of drug-likeness (QED) is 0.476. The van der Waals surface area contributed by atoms with Crippen molar-refractivity contribution in [2.75, 3.05) is 13.1 Å². The van der Waals surface area contributed by atoms with Crippen molar-refractivity contribution in [1.82, 2.24) is 24.2 Å². The lowest BCUT2D eigenvalue weighted by Gasteiger charge is -2.32. The number of carbonyl (C=O) groups is 1. The molecule has 7 nitrogen and oxygen atoms in total.